The molecule has 24 heavy (non-hydrogen) atoms. The zero-order valence-electron chi connectivity index (χ0n) is 13.8. The minimum Gasteiger partial charge on any atom is -0.497 e. The van der Waals surface area contributed by atoms with Crippen LogP contribution >= 0.6 is 0 Å². The third-order valence-electron chi connectivity index (χ3n) is 3.34. The summed E-state index contributed by atoms with van der Waals surface area (Å²) in [5, 5.41) is 5.60. The Morgan fingerprint density at radius 3 is 2.12 bits per heavy atom. The van der Waals surface area contributed by atoms with E-state index in [2.05, 4.69) is 10.6 Å². The summed E-state index contributed by atoms with van der Waals surface area (Å²) in [6.45, 7) is 0.403. The molecule has 126 valence electrons. The normalized spacial score (nSPS) is 11.4. The van der Waals surface area contributed by atoms with E-state index in [9.17, 15) is 9.59 Å². The molecular weight excluding hydrogens is 306 g/mol. The summed E-state index contributed by atoms with van der Waals surface area (Å²) in [6.07, 6.45) is 0. The van der Waals surface area contributed by atoms with Gasteiger partial charge in [-0.1, -0.05) is 24.3 Å². The van der Waals surface area contributed by atoms with Gasteiger partial charge in [0.05, 0.1) is 14.2 Å². The van der Waals surface area contributed by atoms with Gasteiger partial charge in [0.15, 0.2) is 13.1 Å². The van der Waals surface area contributed by atoms with Gasteiger partial charge in [0.1, 0.15) is 5.75 Å². The quantitative estimate of drug-likeness (QED) is 0.704. The number of methoxy groups -OCH3 is 1. The van der Waals surface area contributed by atoms with Crippen molar-refractivity contribution in [1.29, 1.82) is 0 Å². The number of rotatable bonds is 7. The van der Waals surface area contributed by atoms with Gasteiger partial charge in [-0.15, -0.1) is 0 Å². The van der Waals surface area contributed by atoms with Crippen LogP contribution in [0, 0.1) is 0 Å². The third-order valence-corrected chi connectivity index (χ3v) is 3.34. The van der Waals surface area contributed by atoms with Crippen LogP contribution in [0.3, 0.4) is 0 Å². The van der Waals surface area contributed by atoms with Crippen molar-refractivity contribution in [3.8, 4) is 5.75 Å². The molecule has 0 aromatic heterocycles. The van der Waals surface area contributed by atoms with Gasteiger partial charge in [-0.25, -0.2) is 0 Å². The minimum atomic E-state index is -0.159. The highest BCUT2D eigenvalue weighted by atomic mass is 16.5. The summed E-state index contributed by atoms with van der Waals surface area (Å²) in [4.78, 5) is 24.8. The van der Waals surface area contributed by atoms with Gasteiger partial charge in [0.2, 0.25) is 0 Å². The second-order valence-electron chi connectivity index (χ2n) is 5.50. The molecule has 0 radical (unpaired) electrons. The molecule has 1 atom stereocenters. The van der Waals surface area contributed by atoms with Crippen LogP contribution in [0.1, 0.15) is 0 Å². The van der Waals surface area contributed by atoms with E-state index in [0.29, 0.717) is 11.4 Å². The van der Waals surface area contributed by atoms with Crippen LogP contribution in [0.2, 0.25) is 0 Å². The molecule has 2 aromatic rings. The summed E-state index contributed by atoms with van der Waals surface area (Å²) in [6, 6.07) is 16.4. The first-order chi connectivity index (χ1) is 11.6. The molecule has 6 heteroatoms. The first kappa shape index (κ1) is 17.5. The highest BCUT2D eigenvalue weighted by Crippen LogP contribution is 2.16. The van der Waals surface area contributed by atoms with Gasteiger partial charge in [-0.2, -0.15) is 0 Å². The van der Waals surface area contributed by atoms with E-state index in [0.717, 1.165) is 10.6 Å². The van der Waals surface area contributed by atoms with Crippen LogP contribution in [-0.2, 0) is 9.59 Å². The molecule has 3 N–H and O–H groups in total. The van der Waals surface area contributed by atoms with Crippen LogP contribution in [0.15, 0.2) is 54.6 Å². The number of hydrogen-bond acceptors (Lipinski definition) is 3. The smallest absolute Gasteiger partial charge is 0.279 e. The Morgan fingerprint density at radius 1 is 0.917 bits per heavy atom. The highest BCUT2D eigenvalue weighted by molar-refractivity contribution is 5.93. The molecule has 0 spiro atoms. The molecule has 2 aromatic carbocycles. The standard InChI is InChI=1S/C18H21N3O3/c1-21(12-17(22)19-14-7-4-3-5-8-14)13-18(23)20-15-9-6-10-16(11-15)24-2/h3-11H,12-13H2,1-2H3,(H,19,22)(H,20,23)/p+1. The van der Waals surface area contributed by atoms with Gasteiger partial charge in [0, 0.05) is 17.4 Å². The topological polar surface area (TPSA) is 71.9 Å². The fourth-order valence-corrected chi connectivity index (χ4v) is 2.24. The Kier molecular flexibility index (Phi) is 6.33. The van der Waals surface area contributed by atoms with Crippen LogP contribution < -0.4 is 20.3 Å². The molecule has 2 amide bonds. The molecule has 2 rings (SSSR count). The number of nitrogens with one attached hydrogen (secondary N) is 3. The van der Waals surface area contributed by atoms with Crippen molar-refractivity contribution in [1.82, 2.24) is 0 Å². The summed E-state index contributed by atoms with van der Waals surface area (Å²) < 4.78 is 5.12. The molecule has 0 bridgehead atoms. The van der Waals surface area contributed by atoms with E-state index >= 15 is 0 Å². The number of benzene rings is 2. The summed E-state index contributed by atoms with van der Waals surface area (Å²) in [5.41, 5.74) is 1.41. The van der Waals surface area contributed by atoms with Gasteiger partial charge in [-0.3, -0.25) is 9.59 Å². The predicted molar refractivity (Wildman–Crippen MR) is 93.3 cm³/mol. The molecule has 6 nitrogen and oxygen atoms in total. The van der Waals surface area contributed by atoms with Crippen molar-refractivity contribution in [2.24, 2.45) is 0 Å². The van der Waals surface area contributed by atoms with E-state index in [1.807, 2.05) is 30.3 Å². The maximum Gasteiger partial charge on any atom is 0.279 e. The lowest BCUT2D eigenvalue weighted by Crippen LogP contribution is -3.11. The van der Waals surface area contributed by atoms with E-state index < -0.39 is 0 Å². The van der Waals surface area contributed by atoms with E-state index in [4.69, 9.17) is 4.74 Å². The minimum absolute atomic E-state index is 0.132. The number of carbonyl (C=O) groups is 2. The van der Waals surface area contributed by atoms with E-state index in [1.54, 1.807) is 38.4 Å². The predicted octanol–water partition coefficient (Wildman–Crippen LogP) is 0.787. The lowest BCUT2D eigenvalue weighted by molar-refractivity contribution is -0.862. The summed E-state index contributed by atoms with van der Waals surface area (Å²) in [7, 11) is 3.37. The van der Waals surface area contributed by atoms with Crippen LogP contribution in [0.5, 0.6) is 5.75 Å². The molecule has 0 saturated carbocycles. The number of hydrogen-bond donors (Lipinski definition) is 3. The van der Waals surface area contributed by atoms with Crippen LogP contribution in [0.25, 0.3) is 0 Å². The van der Waals surface area contributed by atoms with Crippen molar-refractivity contribution >= 4 is 23.2 Å². The molecule has 0 fully saturated rings. The van der Waals surface area contributed by atoms with Crippen LogP contribution in [0.4, 0.5) is 11.4 Å². The zero-order valence-corrected chi connectivity index (χ0v) is 13.8. The molecule has 0 heterocycles. The number of carbonyl (C=O) groups excluding carboxylic acids is 2. The Bertz CT molecular complexity index is 689. The lowest BCUT2D eigenvalue weighted by Gasteiger charge is -2.14. The van der Waals surface area contributed by atoms with Gasteiger partial charge < -0.3 is 20.3 Å². The van der Waals surface area contributed by atoms with E-state index in [1.165, 1.54) is 0 Å². The zero-order chi connectivity index (χ0) is 17.4. The Hall–Kier alpha value is -2.86. The van der Waals surface area contributed by atoms with E-state index in [-0.39, 0.29) is 24.9 Å². The number of para-hydroxylation sites is 1. The fourth-order valence-electron chi connectivity index (χ4n) is 2.24. The van der Waals surface area contributed by atoms with Crippen molar-refractivity contribution in [3.05, 3.63) is 54.6 Å². The Labute approximate surface area is 141 Å². The number of ether oxygens (including phenoxy) is 1. The van der Waals surface area contributed by atoms with Crippen molar-refractivity contribution in [2.75, 3.05) is 37.9 Å². The second-order valence-corrected chi connectivity index (χ2v) is 5.50. The Morgan fingerprint density at radius 2 is 1.50 bits per heavy atom. The summed E-state index contributed by atoms with van der Waals surface area (Å²) >= 11 is 0. The lowest BCUT2D eigenvalue weighted by atomic mass is 10.3. The molecule has 0 aliphatic carbocycles. The second kappa shape index (κ2) is 8.69. The third kappa shape index (κ3) is 5.73. The number of amides is 2. The molecule has 0 aliphatic heterocycles. The largest absolute Gasteiger partial charge is 0.497 e. The maximum absolute atomic E-state index is 12.1. The highest BCUT2D eigenvalue weighted by Gasteiger charge is 2.14. The number of quaternary nitrogens is 1. The van der Waals surface area contributed by atoms with Gasteiger partial charge in [-0.05, 0) is 24.3 Å². The number of likely N-dealkylation sites (N-methyl/N-ethyl adjacent to an activating group) is 1. The molecule has 0 aliphatic rings. The SMILES string of the molecule is COc1cccc(NC(=O)C[NH+](C)CC(=O)Nc2ccccc2)c1. The average Bonchev–Trinajstić information content (AvgIpc) is 2.55. The van der Waals surface area contributed by atoms with Crippen molar-refractivity contribution in [2.45, 2.75) is 0 Å². The fraction of sp³-hybridized carbons (Fsp3) is 0.222. The molecule has 1 unspecified atom stereocenters. The first-order valence-electron chi connectivity index (χ1n) is 7.67. The van der Waals surface area contributed by atoms with Crippen molar-refractivity contribution < 1.29 is 19.2 Å². The van der Waals surface area contributed by atoms with Crippen molar-refractivity contribution in [3.63, 3.8) is 0 Å². The average molecular weight is 328 g/mol. The maximum atomic E-state index is 12.1. The van der Waals surface area contributed by atoms with Gasteiger partial charge >= 0.3 is 0 Å². The molecule has 0 saturated heterocycles. The van der Waals surface area contributed by atoms with Gasteiger partial charge in [0.25, 0.3) is 11.8 Å². The molecular formula is C18H22N3O3+. The Balaban J connectivity index is 1.79. The van der Waals surface area contributed by atoms with Crippen LogP contribution in [-0.4, -0.2) is 39.1 Å². The monoisotopic (exact) mass is 328 g/mol. The number of anilines is 2. The summed E-state index contributed by atoms with van der Waals surface area (Å²) in [5.74, 6) is 0.386. The first-order valence-corrected chi connectivity index (χ1v) is 7.67.